The summed E-state index contributed by atoms with van der Waals surface area (Å²) in [5.41, 5.74) is 7.46. The van der Waals surface area contributed by atoms with Gasteiger partial charge in [0.15, 0.2) is 0 Å². The maximum Gasteiger partial charge on any atom is 0.229 e. The number of benzene rings is 2. The van der Waals surface area contributed by atoms with Gasteiger partial charge in [-0.05, 0) is 61.8 Å². The Kier molecular flexibility index (Phi) is 8.24. The van der Waals surface area contributed by atoms with E-state index < -0.39 is 0 Å². The van der Waals surface area contributed by atoms with Crippen molar-refractivity contribution in [3.05, 3.63) is 71.0 Å². The van der Waals surface area contributed by atoms with Crippen LogP contribution in [0.4, 0.5) is 0 Å². The molecule has 194 valence electrons. The fourth-order valence-corrected chi connectivity index (χ4v) is 5.74. The lowest BCUT2D eigenvalue weighted by atomic mass is 10.0. The fourth-order valence-electron chi connectivity index (χ4n) is 5.74. The van der Waals surface area contributed by atoms with E-state index >= 15 is 0 Å². The largest absolute Gasteiger partial charge is 0.358 e. The Balaban J connectivity index is 1.27. The second-order valence-electron chi connectivity index (χ2n) is 10.3. The minimum atomic E-state index is -0.224. The molecule has 2 aromatic heterocycles. The molecule has 37 heavy (non-hydrogen) atoms. The number of hydrogen-bond acceptors (Lipinski definition) is 2. The summed E-state index contributed by atoms with van der Waals surface area (Å²) in [7, 11) is 0. The first-order valence-corrected chi connectivity index (χ1v) is 13.9. The van der Waals surface area contributed by atoms with Gasteiger partial charge in [-0.15, -0.1) is 0 Å². The zero-order chi connectivity index (χ0) is 25.5. The van der Waals surface area contributed by atoms with E-state index in [2.05, 4.69) is 69.1 Å². The average Bonchev–Trinajstić information content (AvgIpc) is 3.43. The number of amides is 2. The molecule has 0 saturated carbocycles. The van der Waals surface area contributed by atoms with Gasteiger partial charge in [0, 0.05) is 46.3 Å². The number of H-pyrrole nitrogens is 2. The molecule has 0 saturated heterocycles. The predicted octanol–water partition coefficient (Wildman–Crippen LogP) is 5.50. The SMILES string of the molecule is O=C1CC(=O)NCCc2c([nH]c3ccccc23)CCCCCCCCc2[nH]c3ccccc3c2CCN1. The smallest absolute Gasteiger partial charge is 0.229 e. The van der Waals surface area contributed by atoms with Gasteiger partial charge in [-0.3, -0.25) is 9.59 Å². The van der Waals surface area contributed by atoms with Gasteiger partial charge in [-0.25, -0.2) is 0 Å². The molecule has 0 spiro atoms. The van der Waals surface area contributed by atoms with Crippen LogP contribution in [-0.4, -0.2) is 34.9 Å². The van der Waals surface area contributed by atoms with Crippen molar-refractivity contribution >= 4 is 33.6 Å². The molecule has 1 aliphatic heterocycles. The number of nitrogens with one attached hydrogen (secondary N) is 4. The first-order chi connectivity index (χ1) is 18.2. The van der Waals surface area contributed by atoms with Crippen LogP contribution in [0, 0.1) is 0 Å². The number of carbonyl (C=O) groups is 2. The molecule has 5 rings (SSSR count). The van der Waals surface area contributed by atoms with Crippen molar-refractivity contribution in [1.82, 2.24) is 20.6 Å². The average molecular weight is 499 g/mol. The Morgan fingerprint density at radius 2 is 0.946 bits per heavy atom. The van der Waals surface area contributed by atoms with Crippen LogP contribution in [0.15, 0.2) is 48.5 Å². The van der Waals surface area contributed by atoms with E-state index in [1.165, 1.54) is 71.8 Å². The summed E-state index contributed by atoms with van der Waals surface area (Å²) < 4.78 is 0. The second-order valence-corrected chi connectivity index (χ2v) is 10.3. The summed E-state index contributed by atoms with van der Waals surface area (Å²) in [5.74, 6) is -0.449. The predicted molar refractivity (Wildman–Crippen MR) is 150 cm³/mol. The fraction of sp³-hybridized carbons (Fsp3) is 0.419. The highest BCUT2D eigenvalue weighted by Crippen LogP contribution is 2.26. The summed E-state index contributed by atoms with van der Waals surface area (Å²) in [5, 5.41) is 8.38. The highest BCUT2D eigenvalue weighted by atomic mass is 16.2. The Labute approximate surface area is 218 Å². The van der Waals surface area contributed by atoms with Gasteiger partial charge in [0.05, 0.1) is 0 Å². The van der Waals surface area contributed by atoms with E-state index in [-0.39, 0.29) is 18.2 Å². The van der Waals surface area contributed by atoms with Crippen LogP contribution >= 0.6 is 0 Å². The van der Waals surface area contributed by atoms with Crippen molar-refractivity contribution in [3.8, 4) is 0 Å². The van der Waals surface area contributed by atoms with Crippen molar-refractivity contribution in [2.45, 2.75) is 70.6 Å². The number of hydrogen-bond donors (Lipinski definition) is 4. The Morgan fingerprint density at radius 1 is 0.514 bits per heavy atom. The first kappa shape index (κ1) is 25.1. The minimum Gasteiger partial charge on any atom is -0.358 e. The van der Waals surface area contributed by atoms with Crippen LogP contribution in [0.1, 0.15) is 67.5 Å². The van der Waals surface area contributed by atoms with Crippen molar-refractivity contribution in [1.29, 1.82) is 0 Å². The summed E-state index contributed by atoms with van der Waals surface area (Å²) >= 11 is 0. The zero-order valence-corrected chi connectivity index (χ0v) is 21.6. The molecular weight excluding hydrogens is 460 g/mol. The van der Waals surface area contributed by atoms with Crippen LogP contribution in [-0.2, 0) is 35.3 Å². The minimum absolute atomic E-state index is 0.137. The maximum atomic E-state index is 12.5. The Bertz CT molecular complexity index is 1260. The summed E-state index contributed by atoms with van der Waals surface area (Å²) in [6, 6.07) is 16.8. The quantitative estimate of drug-likeness (QED) is 0.241. The van der Waals surface area contributed by atoms with Crippen LogP contribution in [0.2, 0.25) is 0 Å². The number of aromatic amines is 2. The van der Waals surface area contributed by atoms with E-state index in [9.17, 15) is 9.59 Å². The number of rotatable bonds is 0. The number of aryl methyl sites for hydroxylation is 2. The third-order valence-corrected chi connectivity index (χ3v) is 7.62. The monoisotopic (exact) mass is 498 g/mol. The van der Waals surface area contributed by atoms with Crippen molar-refractivity contribution < 1.29 is 9.59 Å². The molecule has 4 N–H and O–H groups in total. The standard InChI is InChI=1S/C31H38N4O2/c36-30-21-31(37)33-20-18-25-23-12-8-10-16-27(23)35-29(25)14-6-4-2-1-3-5-13-28-24(17-19-32-30)22-11-7-9-15-26(22)34-28/h7-12,15-16,34-35H,1-6,13-14,17-21H2,(H,32,36)(H,33,37). The van der Waals surface area contributed by atoms with Gasteiger partial charge in [0.25, 0.3) is 0 Å². The third-order valence-electron chi connectivity index (χ3n) is 7.62. The van der Waals surface area contributed by atoms with Crippen LogP contribution in [0.3, 0.4) is 0 Å². The van der Waals surface area contributed by atoms with Gasteiger partial charge in [-0.2, -0.15) is 0 Å². The summed E-state index contributed by atoms with van der Waals surface area (Å²) in [6.07, 6.45) is 10.8. The molecule has 2 amide bonds. The molecule has 0 fully saturated rings. The molecule has 6 heteroatoms. The lowest BCUT2D eigenvalue weighted by Crippen LogP contribution is -2.33. The third kappa shape index (κ3) is 6.24. The van der Waals surface area contributed by atoms with Gasteiger partial charge in [-0.1, -0.05) is 62.1 Å². The molecule has 0 bridgehead atoms. The van der Waals surface area contributed by atoms with E-state index in [4.69, 9.17) is 0 Å². The van der Waals surface area contributed by atoms with Crippen molar-refractivity contribution in [2.24, 2.45) is 0 Å². The molecule has 0 aliphatic carbocycles. The van der Waals surface area contributed by atoms with Gasteiger partial charge >= 0.3 is 0 Å². The van der Waals surface area contributed by atoms with E-state index in [1.54, 1.807) is 0 Å². The van der Waals surface area contributed by atoms with E-state index in [0.717, 1.165) is 36.7 Å². The number of carbonyl (C=O) groups excluding carboxylic acids is 2. The number of fused-ring (bicyclic) bond motifs is 6. The van der Waals surface area contributed by atoms with E-state index in [1.807, 2.05) is 0 Å². The summed E-state index contributed by atoms with van der Waals surface area (Å²) in [4.78, 5) is 32.2. The van der Waals surface area contributed by atoms with E-state index in [0.29, 0.717) is 13.1 Å². The lowest BCUT2D eigenvalue weighted by molar-refractivity contribution is -0.129. The first-order valence-electron chi connectivity index (χ1n) is 13.9. The maximum absolute atomic E-state index is 12.5. The lowest BCUT2D eigenvalue weighted by Gasteiger charge is -2.09. The molecule has 3 heterocycles. The topological polar surface area (TPSA) is 89.8 Å². The molecule has 6 nitrogen and oxygen atoms in total. The molecule has 0 unspecified atom stereocenters. The van der Waals surface area contributed by atoms with Crippen molar-refractivity contribution in [3.63, 3.8) is 0 Å². The molecule has 0 atom stereocenters. The zero-order valence-electron chi connectivity index (χ0n) is 21.6. The highest BCUT2D eigenvalue weighted by Gasteiger charge is 2.15. The number of para-hydroxylation sites is 2. The van der Waals surface area contributed by atoms with Crippen LogP contribution in [0.25, 0.3) is 21.8 Å². The molecule has 0 radical (unpaired) electrons. The molecular formula is C31H38N4O2. The molecule has 1 aliphatic rings. The number of aromatic nitrogens is 2. The Morgan fingerprint density at radius 3 is 1.43 bits per heavy atom. The normalized spacial score (nSPS) is 17.4. The van der Waals surface area contributed by atoms with Gasteiger partial charge in [0.2, 0.25) is 11.8 Å². The summed E-state index contributed by atoms with van der Waals surface area (Å²) in [6.45, 7) is 1.05. The van der Waals surface area contributed by atoms with Crippen LogP contribution < -0.4 is 10.6 Å². The second kappa shape index (κ2) is 12.1. The van der Waals surface area contributed by atoms with Crippen molar-refractivity contribution in [2.75, 3.05) is 13.1 Å². The molecule has 2 aromatic carbocycles. The van der Waals surface area contributed by atoms with Gasteiger partial charge < -0.3 is 20.6 Å². The van der Waals surface area contributed by atoms with Gasteiger partial charge in [0.1, 0.15) is 6.42 Å². The highest BCUT2D eigenvalue weighted by molar-refractivity contribution is 5.97. The molecule has 4 aromatic rings. The Hall–Kier alpha value is -3.54. The van der Waals surface area contributed by atoms with Crippen LogP contribution in [0.5, 0.6) is 0 Å².